The first-order valence-electron chi connectivity index (χ1n) is 10.2. The van der Waals surface area contributed by atoms with E-state index in [1.807, 2.05) is 19.1 Å². The molecule has 1 N–H and O–H groups in total. The molecule has 0 aliphatic rings. The van der Waals surface area contributed by atoms with E-state index in [0.29, 0.717) is 39.3 Å². The molecule has 0 aliphatic carbocycles. The predicted molar refractivity (Wildman–Crippen MR) is 131 cm³/mol. The van der Waals surface area contributed by atoms with Crippen LogP contribution in [0.5, 0.6) is 11.5 Å². The molecule has 34 heavy (non-hydrogen) atoms. The summed E-state index contributed by atoms with van der Waals surface area (Å²) in [4.78, 5) is 22.7. The van der Waals surface area contributed by atoms with E-state index >= 15 is 0 Å². The Hall–Kier alpha value is -3.62. The van der Waals surface area contributed by atoms with Crippen molar-refractivity contribution in [3.8, 4) is 11.5 Å². The van der Waals surface area contributed by atoms with Crippen molar-refractivity contribution in [3.05, 3.63) is 97.5 Å². The number of benzene rings is 3. The van der Waals surface area contributed by atoms with Crippen LogP contribution in [0, 0.1) is 10.1 Å². The first-order valence-corrected chi connectivity index (χ1v) is 11.0. The van der Waals surface area contributed by atoms with E-state index in [0.717, 1.165) is 5.56 Å². The molecule has 176 valence electrons. The maximum absolute atomic E-state index is 12.2. The van der Waals surface area contributed by atoms with Crippen LogP contribution in [0.4, 0.5) is 5.69 Å². The number of halogens is 2. The van der Waals surface area contributed by atoms with Gasteiger partial charge >= 0.3 is 0 Å². The number of nitrogens with one attached hydrogen (secondary N) is 1. The lowest BCUT2D eigenvalue weighted by Gasteiger charge is -2.14. The smallest absolute Gasteiger partial charge is 0.273 e. The van der Waals surface area contributed by atoms with Gasteiger partial charge in [0, 0.05) is 16.7 Å². The molecule has 0 aliphatic heterocycles. The van der Waals surface area contributed by atoms with Crippen LogP contribution in [0.15, 0.2) is 65.8 Å². The van der Waals surface area contributed by atoms with E-state index < -0.39 is 10.8 Å². The molecule has 10 heteroatoms. The Balaban J connectivity index is 1.67. The normalized spacial score (nSPS) is 10.8. The van der Waals surface area contributed by atoms with Crippen molar-refractivity contribution in [2.45, 2.75) is 20.0 Å². The van der Waals surface area contributed by atoms with Crippen LogP contribution in [-0.2, 0) is 17.8 Å². The Morgan fingerprint density at radius 2 is 1.85 bits per heavy atom. The summed E-state index contributed by atoms with van der Waals surface area (Å²) in [6.07, 6.45) is 1.21. The maximum atomic E-state index is 12.2. The van der Waals surface area contributed by atoms with Gasteiger partial charge in [-0.2, -0.15) is 5.10 Å². The topological polar surface area (TPSA) is 103 Å². The Bertz CT molecular complexity index is 1200. The van der Waals surface area contributed by atoms with Gasteiger partial charge in [-0.3, -0.25) is 14.9 Å². The molecular formula is C24H21Cl2N3O5. The molecule has 0 radical (unpaired) electrons. The summed E-state index contributed by atoms with van der Waals surface area (Å²) in [5.74, 6) is 0.317. The van der Waals surface area contributed by atoms with Crippen molar-refractivity contribution in [3.63, 3.8) is 0 Å². The Morgan fingerprint density at radius 3 is 2.56 bits per heavy atom. The van der Waals surface area contributed by atoms with Crippen LogP contribution in [0.25, 0.3) is 0 Å². The summed E-state index contributed by atoms with van der Waals surface area (Å²) in [6.45, 7) is 2.49. The number of carbonyl (C=O) groups excluding carboxylic acids is 1. The van der Waals surface area contributed by atoms with Crippen LogP contribution >= 0.6 is 23.2 Å². The summed E-state index contributed by atoms with van der Waals surface area (Å²) < 4.78 is 11.5. The largest absolute Gasteiger partial charge is 0.490 e. The molecule has 0 bridgehead atoms. The SMILES string of the molecule is CCOc1cc(/C=N/NC(=O)Cc2ccccc2[N+](=O)[O-])cc(Cl)c1OCc1ccc(Cl)cc1. The molecule has 1 amide bonds. The zero-order valence-electron chi connectivity index (χ0n) is 18.2. The average molecular weight is 502 g/mol. The number of amides is 1. The summed E-state index contributed by atoms with van der Waals surface area (Å²) in [5, 5.41) is 16.0. The fourth-order valence-electron chi connectivity index (χ4n) is 3.03. The van der Waals surface area contributed by atoms with Crippen molar-refractivity contribution >= 4 is 41.0 Å². The van der Waals surface area contributed by atoms with Crippen LogP contribution < -0.4 is 14.9 Å². The Labute approximate surface area is 206 Å². The van der Waals surface area contributed by atoms with Gasteiger partial charge in [0.1, 0.15) is 6.61 Å². The monoisotopic (exact) mass is 501 g/mol. The van der Waals surface area contributed by atoms with Crippen molar-refractivity contribution < 1.29 is 19.2 Å². The zero-order chi connectivity index (χ0) is 24.5. The highest BCUT2D eigenvalue weighted by Gasteiger charge is 2.15. The van der Waals surface area contributed by atoms with E-state index in [1.54, 1.807) is 36.4 Å². The fourth-order valence-corrected chi connectivity index (χ4v) is 3.43. The molecule has 0 heterocycles. The van der Waals surface area contributed by atoms with Crippen LogP contribution in [-0.4, -0.2) is 23.7 Å². The second-order valence-corrected chi connectivity index (χ2v) is 7.88. The number of carbonyl (C=O) groups is 1. The lowest BCUT2D eigenvalue weighted by atomic mass is 10.1. The minimum absolute atomic E-state index is 0.121. The van der Waals surface area contributed by atoms with Crippen LogP contribution in [0.3, 0.4) is 0 Å². The molecule has 3 aromatic rings. The van der Waals surface area contributed by atoms with E-state index in [4.69, 9.17) is 32.7 Å². The molecule has 0 saturated carbocycles. The van der Waals surface area contributed by atoms with Gasteiger partial charge in [-0.15, -0.1) is 0 Å². The molecule has 0 fully saturated rings. The molecular weight excluding hydrogens is 481 g/mol. The quantitative estimate of drug-likeness (QED) is 0.222. The standard InChI is InChI=1S/C24H21Cl2N3O5/c1-2-33-22-12-17(11-20(26)24(22)34-15-16-7-9-19(25)10-8-16)14-27-28-23(30)13-18-5-3-4-6-21(18)29(31)32/h3-12,14H,2,13,15H2,1H3,(H,28,30)/b27-14+. The number of nitrogens with zero attached hydrogens (tertiary/aromatic N) is 2. The molecule has 0 aromatic heterocycles. The van der Waals surface area contributed by atoms with Gasteiger partial charge in [-0.25, -0.2) is 5.43 Å². The minimum Gasteiger partial charge on any atom is -0.490 e. The van der Waals surface area contributed by atoms with Gasteiger partial charge in [0.25, 0.3) is 5.69 Å². The lowest BCUT2D eigenvalue weighted by molar-refractivity contribution is -0.385. The van der Waals surface area contributed by atoms with Gasteiger partial charge in [0.15, 0.2) is 11.5 Å². The molecule has 0 unspecified atom stereocenters. The number of rotatable bonds is 10. The van der Waals surface area contributed by atoms with Gasteiger partial charge in [-0.05, 0) is 42.3 Å². The molecule has 0 spiro atoms. The highest BCUT2D eigenvalue weighted by atomic mass is 35.5. The second-order valence-electron chi connectivity index (χ2n) is 7.03. The van der Waals surface area contributed by atoms with E-state index in [9.17, 15) is 14.9 Å². The molecule has 0 atom stereocenters. The van der Waals surface area contributed by atoms with Gasteiger partial charge in [0.05, 0.1) is 29.2 Å². The molecule has 3 rings (SSSR count). The summed E-state index contributed by atoms with van der Waals surface area (Å²) >= 11 is 12.3. The highest BCUT2D eigenvalue weighted by molar-refractivity contribution is 6.32. The zero-order valence-corrected chi connectivity index (χ0v) is 19.7. The summed E-state index contributed by atoms with van der Waals surface area (Å²) in [6, 6.07) is 16.6. The van der Waals surface area contributed by atoms with E-state index in [1.165, 1.54) is 18.3 Å². The Morgan fingerprint density at radius 1 is 1.12 bits per heavy atom. The van der Waals surface area contributed by atoms with Crippen molar-refractivity contribution in [2.24, 2.45) is 5.10 Å². The number of hydrazone groups is 1. The molecule has 0 saturated heterocycles. The third-order valence-electron chi connectivity index (χ3n) is 4.57. The molecule has 8 nitrogen and oxygen atoms in total. The predicted octanol–water partition coefficient (Wildman–Crippen LogP) is 5.57. The van der Waals surface area contributed by atoms with Crippen molar-refractivity contribution in [1.82, 2.24) is 5.43 Å². The molecule has 3 aromatic carbocycles. The number of ether oxygens (including phenoxy) is 2. The van der Waals surface area contributed by atoms with Gasteiger partial charge in [0.2, 0.25) is 5.91 Å². The second kappa shape index (κ2) is 12.0. The third kappa shape index (κ3) is 6.94. The van der Waals surface area contributed by atoms with Gasteiger partial charge < -0.3 is 9.47 Å². The number of hydrogen-bond acceptors (Lipinski definition) is 6. The number of hydrogen-bond donors (Lipinski definition) is 1. The first kappa shape index (κ1) is 25.0. The summed E-state index contributed by atoms with van der Waals surface area (Å²) in [7, 11) is 0. The maximum Gasteiger partial charge on any atom is 0.273 e. The number of nitro groups is 1. The average Bonchev–Trinajstić information content (AvgIpc) is 2.80. The van der Waals surface area contributed by atoms with Crippen molar-refractivity contribution in [1.29, 1.82) is 0 Å². The first-order chi connectivity index (χ1) is 16.4. The van der Waals surface area contributed by atoms with Crippen LogP contribution in [0.2, 0.25) is 10.0 Å². The number of para-hydroxylation sites is 1. The van der Waals surface area contributed by atoms with Crippen LogP contribution in [0.1, 0.15) is 23.6 Å². The lowest BCUT2D eigenvalue weighted by Crippen LogP contribution is -2.20. The van der Waals surface area contributed by atoms with Crippen molar-refractivity contribution in [2.75, 3.05) is 6.61 Å². The fraction of sp³-hybridized carbons (Fsp3) is 0.167. The van der Waals surface area contributed by atoms with E-state index in [2.05, 4.69) is 10.5 Å². The van der Waals surface area contributed by atoms with E-state index in [-0.39, 0.29) is 18.7 Å². The minimum atomic E-state index is -0.528. The van der Waals surface area contributed by atoms with Gasteiger partial charge in [-0.1, -0.05) is 53.5 Å². The Kier molecular flexibility index (Phi) is 8.84. The number of nitro benzene ring substituents is 1. The summed E-state index contributed by atoms with van der Waals surface area (Å²) in [5.41, 5.74) is 4.02. The highest BCUT2D eigenvalue weighted by Crippen LogP contribution is 2.37. The third-order valence-corrected chi connectivity index (χ3v) is 5.10.